The Bertz CT molecular complexity index is 4250. The molecule has 10 aromatic carbocycles. The molecule has 0 amide bonds. The van der Waals surface area contributed by atoms with Crippen molar-refractivity contribution in [2.24, 2.45) is 0 Å². The van der Waals surface area contributed by atoms with Crippen LogP contribution >= 0.6 is 22.7 Å². The van der Waals surface area contributed by atoms with Gasteiger partial charge in [0.05, 0.1) is 11.0 Å². The number of fused-ring (bicyclic) bond motifs is 11. The Morgan fingerprint density at radius 1 is 0.308 bits per heavy atom. The SMILES string of the molecule is c1ccc(-c2nc(-c3ccc4sc5ccccc5c4c3)nc(-c3ccc(-n4c5ccccc5c5cc6ccccc6cc54)cc3-c3cccc4sc5cc6ccccc6cc5c34)n2)cc1. The van der Waals surface area contributed by atoms with Crippen molar-refractivity contribution in [2.75, 3.05) is 0 Å². The fraction of sp³-hybridized carbons (Fsp3) is 0. The van der Waals surface area contributed by atoms with Crippen molar-refractivity contribution in [1.82, 2.24) is 19.5 Å². The van der Waals surface area contributed by atoms with E-state index in [1.807, 2.05) is 40.9 Å². The number of nitrogens with zero attached hydrogens (tertiary/aromatic N) is 4. The van der Waals surface area contributed by atoms with Crippen LogP contribution in [0.4, 0.5) is 0 Å². The van der Waals surface area contributed by atoms with Crippen molar-refractivity contribution < 1.29 is 0 Å². The van der Waals surface area contributed by atoms with Gasteiger partial charge in [-0.25, -0.2) is 15.0 Å². The molecular formula is C59H34N4S2. The lowest BCUT2D eigenvalue weighted by Gasteiger charge is -2.16. The molecule has 0 aliphatic rings. The first-order valence-corrected chi connectivity index (χ1v) is 23.5. The van der Waals surface area contributed by atoms with Crippen LogP contribution in [0.15, 0.2) is 206 Å². The van der Waals surface area contributed by atoms with E-state index in [0.29, 0.717) is 17.5 Å². The minimum Gasteiger partial charge on any atom is -0.309 e. The van der Waals surface area contributed by atoms with E-state index >= 15 is 0 Å². The topological polar surface area (TPSA) is 43.6 Å². The second-order valence-corrected chi connectivity index (χ2v) is 18.9. The van der Waals surface area contributed by atoms with Crippen LogP contribution in [0.3, 0.4) is 0 Å². The lowest BCUT2D eigenvalue weighted by Crippen LogP contribution is -2.02. The molecule has 0 spiro atoms. The Balaban J connectivity index is 1.07. The molecule has 4 nitrogen and oxygen atoms in total. The summed E-state index contributed by atoms with van der Waals surface area (Å²) in [6.07, 6.45) is 0. The molecule has 0 unspecified atom stereocenters. The lowest BCUT2D eigenvalue weighted by atomic mass is 9.93. The highest BCUT2D eigenvalue weighted by Gasteiger charge is 2.22. The van der Waals surface area contributed by atoms with Gasteiger partial charge in [-0.2, -0.15) is 0 Å². The number of hydrogen-bond donors (Lipinski definition) is 0. The molecule has 0 radical (unpaired) electrons. The maximum absolute atomic E-state index is 5.43. The fourth-order valence-corrected chi connectivity index (χ4v) is 12.2. The quantitative estimate of drug-likeness (QED) is 0.173. The Labute approximate surface area is 381 Å². The van der Waals surface area contributed by atoms with Crippen molar-refractivity contribution >= 4 is 106 Å². The Morgan fingerprint density at radius 2 is 0.938 bits per heavy atom. The van der Waals surface area contributed by atoms with Gasteiger partial charge in [0.25, 0.3) is 0 Å². The van der Waals surface area contributed by atoms with E-state index < -0.39 is 0 Å². The molecule has 0 N–H and O–H groups in total. The van der Waals surface area contributed by atoms with Crippen molar-refractivity contribution in [3.63, 3.8) is 0 Å². The molecule has 0 saturated heterocycles. The first-order valence-electron chi connectivity index (χ1n) is 21.8. The van der Waals surface area contributed by atoms with Crippen LogP contribution in [-0.2, 0) is 0 Å². The van der Waals surface area contributed by atoms with Crippen molar-refractivity contribution in [1.29, 1.82) is 0 Å². The maximum atomic E-state index is 5.43. The summed E-state index contributed by atoms with van der Waals surface area (Å²) in [6, 6.07) is 74.6. The van der Waals surface area contributed by atoms with E-state index in [4.69, 9.17) is 15.0 Å². The molecule has 4 heterocycles. The highest BCUT2D eigenvalue weighted by Crippen LogP contribution is 2.46. The highest BCUT2D eigenvalue weighted by molar-refractivity contribution is 7.26. The van der Waals surface area contributed by atoms with Gasteiger partial charge in [0, 0.05) is 73.5 Å². The smallest absolute Gasteiger partial charge is 0.164 e. The summed E-state index contributed by atoms with van der Waals surface area (Å²) in [5, 5.41) is 12.3. The number of thiophene rings is 2. The first kappa shape index (κ1) is 36.5. The number of hydrogen-bond acceptors (Lipinski definition) is 5. The van der Waals surface area contributed by atoms with Crippen LogP contribution in [0.5, 0.6) is 0 Å². The van der Waals surface area contributed by atoms with Crippen molar-refractivity contribution in [2.45, 2.75) is 0 Å². The summed E-state index contributed by atoms with van der Waals surface area (Å²) < 4.78 is 7.45. The minimum atomic E-state index is 0.626. The second-order valence-electron chi connectivity index (χ2n) is 16.8. The number of aromatic nitrogens is 4. The van der Waals surface area contributed by atoms with Gasteiger partial charge in [0.15, 0.2) is 17.5 Å². The Morgan fingerprint density at radius 3 is 1.77 bits per heavy atom. The standard InChI is InChI=1S/C59H34N4S2/c1-2-13-35(14-3-1)57-60-58(40-25-28-53-48(31-40)43-20-9-11-23-52(43)64-53)62-59(61-57)45-27-26-41(63-50-22-10-8-19-42(50)47-29-36-15-4-6-17-38(36)32-51(47)63)34-46(45)44-21-12-24-54-56(44)49-30-37-16-5-7-18-39(37)33-55(49)65-54/h1-34H. The van der Waals surface area contributed by atoms with Crippen LogP contribution in [0, 0.1) is 0 Å². The molecule has 0 atom stereocenters. The van der Waals surface area contributed by atoms with Crippen LogP contribution < -0.4 is 0 Å². The van der Waals surface area contributed by atoms with Gasteiger partial charge in [-0.05, 0) is 112 Å². The van der Waals surface area contributed by atoms with Gasteiger partial charge in [-0.1, -0.05) is 127 Å². The molecule has 4 aromatic heterocycles. The molecule has 302 valence electrons. The van der Waals surface area contributed by atoms with E-state index in [2.05, 4.69) is 193 Å². The van der Waals surface area contributed by atoms with Gasteiger partial charge in [-0.15, -0.1) is 22.7 Å². The summed E-state index contributed by atoms with van der Waals surface area (Å²) in [5.41, 5.74) is 8.43. The van der Waals surface area contributed by atoms with Gasteiger partial charge < -0.3 is 4.57 Å². The largest absolute Gasteiger partial charge is 0.309 e. The van der Waals surface area contributed by atoms with Crippen LogP contribution in [0.1, 0.15) is 0 Å². The number of rotatable bonds is 5. The number of benzene rings is 10. The predicted octanol–water partition coefficient (Wildman–Crippen LogP) is 16.7. The third kappa shape index (κ3) is 5.78. The zero-order valence-electron chi connectivity index (χ0n) is 34.7. The molecule has 0 bridgehead atoms. The summed E-state index contributed by atoms with van der Waals surface area (Å²) in [4.78, 5) is 16.0. The zero-order valence-corrected chi connectivity index (χ0v) is 36.4. The van der Waals surface area contributed by atoms with Crippen molar-refractivity contribution in [3.05, 3.63) is 206 Å². The van der Waals surface area contributed by atoms with Crippen LogP contribution in [-0.4, -0.2) is 19.5 Å². The maximum Gasteiger partial charge on any atom is 0.164 e. The average molecular weight is 863 g/mol. The molecule has 0 fully saturated rings. The van der Waals surface area contributed by atoms with E-state index in [9.17, 15) is 0 Å². The normalized spacial score (nSPS) is 12.0. The highest BCUT2D eigenvalue weighted by atomic mass is 32.1. The third-order valence-electron chi connectivity index (χ3n) is 13.0. The summed E-state index contributed by atoms with van der Waals surface area (Å²) in [5.74, 6) is 1.90. The van der Waals surface area contributed by atoms with E-state index in [1.54, 1.807) is 0 Å². The Kier molecular flexibility index (Phi) is 7.99. The molecule has 14 rings (SSSR count). The Hall–Kier alpha value is -8.03. The molecular weight excluding hydrogens is 829 g/mol. The van der Waals surface area contributed by atoms with Gasteiger partial charge >= 0.3 is 0 Å². The monoisotopic (exact) mass is 862 g/mol. The summed E-state index contributed by atoms with van der Waals surface area (Å²) >= 11 is 3.67. The number of para-hydroxylation sites is 1. The van der Waals surface area contributed by atoms with Gasteiger partial charge in [0.2, 0.25) is 0 Å². The third-order valence-corrected chi connectivity index (χ3v) is 15.3. The molecule has 0 saturated carbocycles. The van der Waals surface area contributed by atoms with E-state index in [1.165, 1.54) is 78.2 Å². The first-order chi connectivity index (χ1) is 32.2. The van der Waals surface area contributed by atoms with Crippen LogP contribution in [0.25, 0.3) is 135 Å². The summed E-state index contributed by atoms with van der Waals surface area (Å²) in [6.45, 7) is 0. The average Bonchev–Trinajstić information content (AvgIpc) is 4.03. The molecule has 65 heavy (non-hydrogen) atoms. The van der Waals surface area contributed by atoms with Crippen molar-refractivity contribution in [3.8, 4) is 51.0 Å². The molecule has 6 heteroatoms. The predicted molar refractivity (Wildman–Crippen MR) is 277 cm³/mol. The van der Waals surface area contributed by atoms with E-state index in [0.717, 1.165) is 39.0 Å². The summed E-state index contributed by atoms with van der Waals surface area (Å²) in [7, 11) is 0. The molecule has 0 aliphatic heterocycles. The zero-order chi connectivity index (χ0) is 42.6. The minimum absolute atomic E-state index is 0.626. The van der Waals surface area contributed by atoms with Gasteiger partial charge in [-0.3, -0.25) is 0 Å². The fourth-order valence-electron chi connectivity index (χ4n) is 9.97. The van der Waals surface area contributed by atoms with E-state index in [-0.39, 0.29) is 0 Å². The van der Waals surface area contributed by atoms with Gasteiger partial charge in [0.1, 0.15) is 0 Å². The lowest BCUT2D eigenvalue weighted by molar-refractivity contribution is 1.07. The van der Waals surface area contributed by atoms with Crippen LogP contribution in [0.2, 0.25) is 0 Å². The second kappa shape index (κ2) is 14.2. The molecule has 0 aliphatic carbocycles. The molecule has 14 aromatic rings.